The lowest BCUT2D eigenvalue weighted by Crippen LogP contribution is -2.48. The minimum absolute atomic E-state index is 0.0258. The highest BCUT2D eigenvalue weighted by molar-refractivity contribution is 5.86. The molecule has 1 aliphatic carbocycles. The molecule has 1 N–H and O–H groups in total. The molecule has 1 fully saturated rings. The van der Waals surface area contributed by atoms with Crippen LogP contribution in [0.3, 0.4) is 0 Å². The van der Waals surface area contributed by atoms with Crippen molar-refractivity contribution in [2.24, 2.45) is 11.3 Å². The number of aliphatic hydroxyl groups is 1. The summed E-state index contributed by atoms with van der Waals surface area (Å²) in [6.07, 6.45) is 3.99. The van der Waals surface area contributed by atoms with E-state index in [1.54, 1.807) is 11.9 Å². The zero-order chi connectivity index (χ0) is 12.9. The topological polar surface area (TPSA) is 64.3 Å². The second-order valence-corrected chi connectivity index (χ2v) is 5.22. The van der Waals surface area contributed by atoms with Crippen molar-refractivity contribution in [2.45, 2.75) is 39.0 Å². The van der Waals surface area contributed by atoms with E-state index in [0.29, 0.717) is 25.3 Å². The first kappa shape index (κ1) is 14.0. The average molecular weight is 238 g/mol. The van der Waals surface area contributed by atoms with E-state index < -0.39 is 5.41 Å². The largest absolute Gasteiger partial charge is 0.396 e. The fourth-order valence-electron chi connectivity index (χ4n) is 2.55. The molecule has 0 atom stereocenters. The molecule has 0 aliphatic heterocycles. The predicted octanol–water partition coefficient (Wildman–Crippen LogP) is 1.55. The Balaban J connectivity index is 2.39. The number of hydrogen-bond donors (Lipinski definition) is 1. The third-order valence-electron chi connectivity index (χ3n) is 3.52. The van der Waals surface area contributed by atoms with Crippen molar-refractivity contribution in [3.05, 3.63) is 0 Å². The molecule has 0 radical (unpaired) electrons. The number of amides is 1. The highest BCUT2D eigenvalue weighted by Gasteiger charge is 2.49. The highest BCUT2D eigenvalue weighted by Crippen LogP contribution is 2.46. The van der Waals surface area contributed by atoms with Gasteiger partial charge in [0.2, 0.25) is 5.91 Å². The van der Waals surface area contributed by atoms with Crippen molar-refractivity contribution >= 4 is 5.91 Å². The lowest BCUT2D eigenvalue weighted by atomic mass is 9.63. The molecule has 0 bridgehead atoms. The molecule has 0 aromatic heterocycles. The van der Waals surface area contributed by atoms with Crippen LogP contribution in [0.4, 0.5) is 0 Å². The number of rotatable bonds is 6. The normalized spacial score (nSPS) is 27.1. The zero-order valence-corrected chi connectivity index (χ0v) is 10.8. The molecule has 4 heteroatoms. The van der Waals surface area contributed by atoms with E-state index in [4.69, 9.17) is 10.4 Å². The smallest absolute Gasteiger partial charge is 0.242 e. The summed E-state index contributed by atoms with van der Waals surface area (Å²) in [5.41, 5.74) is -0.745. The van der Waals surface area contributed by atoms with Crippen molar-refractivity contribution in [1.29, 1.82) is 5.26 Å². The molecule has 4 nitrogen and oxygen atoms in total. The van der Waals surface area contributed by atoms with Crippen LogP contribution in [-0.2, 0) is 4.79 Å². The Kier molecular flexibility index (Phi) is 4.95. The van der Waals surface area contributed by atoms with E-state index in [9.17, 15) is 4.79 Å². The lowest BCUT2D eigenvalue weighted by Gasteiger charge is -2.41. The molecule has 0 aromatic rings. The van der Waals surface area contributed by atoms with Crippen molar-refractivity contribution < 1.29 is 9.90 Å². The predicted molar refractivity (Wildman–Crippen MR) is 65.0 cm³/mol. The van der Waals surface area contributed by atoms with Gasteiger partial charge in [-0.05, 0) is 38.0 Å². The van der Waals surface area contributed by atoms with Crippen LogP contribution in [0.2, 0.25) is 0 Å². The van der Waals surface area contributed by atoms with E-state index in [2.05, 4.69) is 13.0 Å². The molecule has 1 rings (SSSR count). The Morgan fingerprint density at radius 2 is 2.12 bits per heavy atom. The van der Waals surface area contributed by atoms with Crippen LogP contribution in [0.25, 0.3) is 0 Å². The van der Waals surface area contributed by atoms with Crippen LogP contribution in [0.1, 0.15) is 39.0 Å². The van der Waals surface area contributed by atoms with Crippen molar-refractivity contribution in [2.75, 3.05) is 20.2 Å². The fourth-order valence-corrected chi connectivity index (χ4v) is 2.55. The quantitative estimate of drug-likeness (QED) is 0.714. The Hall–Kier alpha value is -1.08. The van der Waals surface area contributed by atoms with Gasteiger partial charge >= 0.3 is 0 Å². The van der Waals surface area contributed by atoms with Gasteiger partial charge in [-0.2, -0.15) is 5.26 Å². The fraction of sp³-hybridized carbons (Fsp3) is 0.846. The summed E-state index contributed by atoms with van der Waals surface area (Å²) in [4.78, 5) is 13.8. The Labute approximate surface area is 103 Å². The van der Waals surface area contributed by atoms with E-state index >= 15 is 0 Å². The van der Waals surface area contributed by atoms with Crippen LogP contribution in [0.15, 0.2) is 0 Å². The van der Waals surface area contributed by atoms with Gasteiger partial charge in [-0.1, -0.05) is 6.92 Å². The summed E-state index contributed by atoms with van der Waals surface area (Å²) in [5, 5.41) is 17.8. The highest BCUT2D eigenvalue weighted by atomic mass is 16.2. The molecule has 0 spiro atoms. The molecule has 1 saturated carbocycles. The number of nitrogens with zero attached hydrogens (tertiary/aromatic N) is 2. The third-order valence-corrected chi connectivity index (χ3v) is 3.52. The van der Waals surface area contributed by atoms with Crippen molar-refractivity contribution in [3.63, 3.8) is 0 Å². The van der Waals surface area contributed by atoms with Crippen LogP contribution in [-0.4, -0.2) is 36.1 Å². The third kappa shape index (κ3) is 3.19. The van der Waals surface area contributed by atoms with Crippen LogP contribution in [0.5, 0.6) is 0 Å². The summed E-state index contributed by atoms with van der Waals surface area (Å²) >= 11 is 0. The molecule has 17 heavy (non-hydrogen) atoms. The molecule has 0 aromatic carbocycles. The lowest BCUT2D eigenvalue weighted by molar-refractivity contribution is -0.143. The standard InChI is InChI=1S/C13H22N2O2/c1-11-8-13(9-11,10-14)12(17)15(2)6-4-3-5-7-16/h11,16H,3-9H2,1-2H3. The summed E-state index contributed by atoms with van der Waals surface area (Å²) in [6.45, 7) is 2.96. The SMILES string of the molecule is CC1CC(C#N)(C(=O)N(C)CCCCCO)C1. The number of nitriles is 1. The summed E-state index contributed by atoms with van der Waals surface area (Å²) in [6, 6.07) is 2.20. The molecule has 0 heterocycles. The van der Waals surface area contributed by atoms with Crippen molar-refractivity contribution in [1.82, 2.24) is 4.90 Å². The van der Waals surface area contributed by atoms with Gasteiger partial charge in [0.1, 0.15) is 5.41 Å². The molecule has 1 amide bonds. The Morgan fingerprint density at radius 1 is 1.47 bits per heavy atom. The number of aliphatic hydroxyl groups excluding tert-OH is 1. The number of hydrogen-bond acceptors (Lipinski definition) is 3. The number of carbonyl (C=O) groups is 1. The molecule has 96 valence electrons. The molecule has 0 unspecified atom stereocenters. The summed E-state index contributed by atoms with van der Waals surface area (Å²) in [7, 11) is 1.77. The van der Waals surface area contributed by atoms with Gasteiger partial charge in [0.05, 0.1) is 6.07 Å². The first-order valence-corrected chi connectivity index (χ1v) is 6.33. The second-order valence-electron chi connectivity index (χ2n) is 5.22. The van der Waals surface area contributed by atoms with E-state index in [-0.39, 0.29) is 12.5 Å². The minimum atomic E-state index is -0.745. The maximum atomic E-state index is 12.1. The summed E-state index contributed by atoms with van der Waals surface area (Å²) in [5.74, 6) is 0.462. The van der Waals surface area contributed by atoms with Gasteiger partial charge < -0.3 is 10.0 Å². The van der Waals surface area contributed by atoms with E-state index in [0.717, 1.165) is 19.3 Å². The Bertz CT molecular complexity index is 303. The minimum Gasteiger partial charge on any atom is -0.396 e. The number of unbranched alkanes of at least 4 members (excludes halogenated alkanes) is 2. The maximum absolute atomic E-state index is 12.1. The first-order chi connectivity index (χ1) is 8.05. The number of carbonyl (C=O) groups excluding carboxylic acids is 1. The van der Waals surface area contributed by atoms with Gasteiger partial charge in [-0.15, -0.1) is 0 Å². The molecular formula is C13H22N2O2. The second kappa shape index (κ2) is 6.02. The first-order valence-electron chi connectivity index (χ1n) is 6.33. The van der Waals surface area contributed by atoms with Crippen LogP contribution >= 0.6 is 0 Å². The zero-order valence-electron chi connectivity index (χ0n) is 10.8. The van der Waals surface area contributed by atoms with Gasteiger partial charge in [0, 0.05) is 20.2 Å². The van der Waals surface area contributed by atoms with Gasteiger partial charge in [-0.3, -0.25) is 4.79 Å². The molecular weight excluding hydrogens is 216 g/mol. The Morgan fingerprint density at radius 3 is 2.59 bits per heavy atom. The molecule has 1 aliphatic rings. The van der Waals surface area contributed by atoms with Gasteiger partial charge in [0.25, 0.3) is 0 Å². The van der Waals surface area contributed by atoms with Crippen LogP contribution in [0, 0.1) is 22.7 Å². The maximum Gasteiger partial charge on any atom is 0.242 e. The van der Waals surface area contributed by atoms with E-state index in [1.807, 2.05) is 0 Å². The average Bonchev–Trinajstić information content (AvgIpc) is 2.29. The monoisotopic (exact) mass is 238 g/mol. The van der Waals surface area contributed by atoms with Crippen LogP contribution < -0.4 is 0 Å². The van der Waals surface area contributed by atoms with Gasteiger partial charge in [0.15, 0.2) is 0 Å². The summed E-state index contributed by atoms with van der Waals surface area (Å²) < 4.78 is 0. The van der Waals surface area contributed by atoms with E-state index in [1.165, 1.54) is 0 Å². The molecule has 0 saturated heterocycles. The van der Waals surface area contributed by atoms with Gasteiger partial charge in [-0.25, -0.2) is 0 Å². The van der Waals surface area contributed by atoms with Crippen molar-refractivity contribution in [3.8, 4) is 6.07 Å².